The lowest BCUT2D eigenvalue weighted by Gasteiger charge is -2.23. The van der Waals surface area contributed by atoms with E-state index in [1.54, 1.807) is 23.9 Å². The molecule has 1 atom stereocenters. The van der Waals surface area contributed by atoms with Crippen molar-refractivity contribution >= 4 is 27.7 Å². The van der Waals surface area contributed by atoms with Gasteiger partial charge >= 0.3 is 0 Å². The second-order valence-corrected chi connectivity index (χ2v) is 7.13. The Hall–Kier alpha value is -2.12. The van der Waals surface area contributed by atoms with Gasteiger partial charge in [-0.15, -0.1) is 0 Å². The number of likely N-dealkylation sites (tertiary alicyclic amines) is 1. The lowest BCUT2D eigenvalue weighted by atomic mass is 10.2. The highest BCUT2D eigenvalue weighted by Crippen LogP contribution is 2.20. The minimum Gasteiger partial charge on any atom is -0.345 e. The number of aromatic nitrogens is 1. The van der Waals surface area contributed by atoms with Gasteiger partial charge in [0.2, 0.25) is 0 Å². The van der Waals surface area contributed by atoms with Gasteiger partial charge in [0.05, 0.1) is 6.04 Å². The maximum atomic E-state index is 12.5. The van der Waals surface area contributed by atoms with E-state index in [4.69, 9.17) is 0 Å². The number of rotatable bonds is 4. The zero-order chi connectivity index (χ0) is 17.8. The highest BCUT2D eigenvalue weighted by molar-refractivity contribution is 9.10. The molecule has 2 heterocycles. The van der Waals surface area contributed by atoms with Crippen molar-refractivity contribution in [3.63, 3.8) is 0 Å². The van der Waals surface area contributed by atoms with E-state index >= 15 is 0 Å². The number of nitrogens with one attached hydrogen (secondary N) is 2. The molecular weight excluding hydrogens is 384 g/mol. The van der Waals surface area contributed by atoms with E-state index < -0.39 is 0 Å². The molecular formula is C18H21BrN4O2. The van der Waals surface area contributed by atoms with Crippen LogP contribution < -0.4 is 10.9 Å². The Labute approximate surface area is 155 Å². The summed E-state index contributed by atoms with van der Waals surface area (Å²) in [5.41, 5.74) is 6.73. The molecule has 3 rings (SSSR count). The molecule has 25 heavy (non-hydrogen) atoms. The van der Waals surface area contributed by atoms with E-state index in [9.17, 15) is 9.59 Å². The van der Waals surface area contributed by atoms with E-state index in [0.29, 0.717) is 5.69 Å². The molecule has 1 unspecified atom stereocenters. The first-order chi connectivity index (χ1) is 12.0. The molecule has 1 aliphatic heterocycles. The second-order valence-electron chi connectivity index (χ2n) is 6.21. The predicted octanol–water partition coefficient (Wildman–Crippen LogP) is 2.21. The molecule has 1 saturated heterocycles. The van der Waals surface area contributed by atoms with Gasteiger partial charge in [0.15, 0.2) is 0 Å². The SMILES string of the molecule is Cn1cc(Br)cc1C(=O)NNC(=O)C1CCCN1Cc1ccccc1. The number of hydrogen-bond acceptors (Lipinski definition) is 3. The lowest BCUT2D eigenvalue weighted by molar-refractivity contribution is -0.126. The van der Waals surface area contributed by atoms with Crippen LogP contribution in [0.1, 0.15) is 28.9 Å². The maximum absolute atomic E-state index is 12.5. The Morgan fingerprint density at radius 2 is 2.00 bits per heavy atom. The van der Waals surface area contributed by atoms with E-state index in [2.05, 4.69) is 43.8 Å². The Balaban J connectivity index is 1.56. The van der Waals surface area contributed by atoms with Gasteiger partial charge < -0.3 is 4.57 Å². The van der Waals surface area contributed by atoms with E-state index in [1.165, 1.54) is 5.56 Å². The molecule has 0 bridgehead atoms. The molecule has 1 aromatic carbocycles. The Morgan fingerprint density at radius 3 is 2.68 bits per heavy atom. The zero-order valence-corrected chi connectivity index (χ0v) is 15.6. The molecule has 2 amide bonds. The third kappa shape index (κ3) is 4.29. The van der Waals surface area contributed by atoms with Gasteiger partial charge in [-0.1, -0.05) is 30.3 Å². The number of nitrogens with zero attached hydrogens (tertiary/aromatic N) is 2. The third-order valence-corrected chi connectivity index (χ3v) is 4.83. The average Bonchev–Trinajstić information content (AvgIpc) is 3.19. The van der Waals surface area contributed by atoms with Crippen molar-refractivity contribution in [3.8, 4) is 0 Å². The molecule has 7 heteroatoms. The minimum absolute atomic E-state index is 0.171. The standard InChI is InChI=1S/C18H21BrN4O2/c1-22-12-14(19)10-16(22)18(25)21-20-17(24)15-8-5-9-23(15)11-13-6-3-2-4-7-13/h2-4,6-7,10,12,15H,5,8-9,11H2,1H3,(H,20,24)(H,21,25). The number of hydrazine groups is 1. The summed E-state index contributed by atoms with van der Waals surface area (Å²) < 4.78 is 2.51. The van der Waals surface area contributed by atoms with Gasteiger partial charge in [-0.25, -0.2) is 0 Å². The number of halogens is 1. The molecule has 0 aliphatic carbocycles. The summed E-state index contributed by atoms with van der Waals surface area (Å²) >= 11 is 3.33. The monoisotopic (exact) mass is 404 g/mol. The normalized spacial score (nSPS) is 17.4. The summed E-state index contributed by atoms with van der Waals surface area (Å²) in [5, 5.41) is 0. The maximum Gasteiger partial charge on any atom is 0.286 e. The van der Waals surface area contributed by atoms with E-state index in [-0.39, 0.29) is 17.9 Å². The Kier molecular flexibility index (Phi) is 5.55. The molecule has 0 radical (unpaired) electrons. The molecule has 0 spiro atoms. The topological polar surface area (TPSA) is 66.4 Å². The predicted molar refractivity (Wildman–Crippen MR) is 98.6 cm³/mol. The summed E-state index contributed by atoms with van der Waals surface area (Å²) in [6.07, 6.45) is 3.56. The number of aryl methyl sites for hydroxylation is 1. The van der Waals surface area contributed by atoms with Crippen molar-refractivity contribution in [3.05, 3.63) is 58.3 Å². The lowest BCUT2D eigenvalue weighted by Crippen LogP contribution is -2.50. The van der Waals surface area contributed by atoms with Crippen molar-refractivity contribution in [2.24, 2.45) is 7.05 Å². The van der Waals surface area contributed by atoms with Crippen LogP contribution in [0.5, 0.6) is 0 Å². The number of benzene rings is 1. The number of carbonyl (C=O) groups is 2. The second kappa shape index (κ2) is 7.84. The molecule has 1 aromatic heterocycles. The summed E-state index contributed by atoms with van der Waals surface area (Å²) in [6.45, 7) is 1.61. The van der Waals surface area contributed by atoms with Crippen molar-refractivity contribution in [2.75, 3.05) is 6.54 Å². The van der Waals surface area contributed by atoms with Crippen LogP contribution in [0.2, 0.25) is 0 Å². The smallest absolute Gasteiger partial charge is 0.286 e. The van der Waals surface area contributed by atoms with Crippen LogP contribution in [0.15, 0.2) is 47.1 Å². The molecule has 1 fully saturated rings. The fourth-order valence-corrected chi connectivity index (χ4v) is 3.67. The quantitative estimate of drug-likeness (QED) is 0.767. The van der Waals surface area contributed by atoms with Gasteiger partial charge in [-0.2, -0.15) is 0 Å². The summed E-state index contributed by atoms with van der Waals surface area (Å²) in [5.74, 6) is -0.510. The van der Waals surface area contributed by atoms with E-state index in [1.807, 2.05) is 18.2 Å². The van der Waals surface area contributed by atoms with Crippen molar-refractivity contribution < 1.29 is 9.59 Å². The highest BCUT2D eigenvalue weighted by atomic mass is 79.9. The first-order valence-corrected chi connectivity index (χ1v) is 9.04. The van der Waals surface area contributed by atoms with Crippen LogP contribution in [-0.2, 0) is 18.4 Å². The molecule has 132 valence electrons. The van der Waals surface area contributed by atoms with E-state index in [0.717, 1.165) is 30.4 Å². The first-order valence-electron chi connectivity index (χ1n) is 8.24. The summed E-state index contributed by atoms with van der Waals surface area (Å²) in [6, 6.07) is 11.6. The molecule has 6 nitrogen and oxygen atoms in total. The van der Waals surface area contributed by atoms with Gasteiger partial charge in [0, 0.05) is 24.3 Å². The molecule has 0 saturated carbocycles. The van der Waals surface area contributed by atoms with Crippen molar-refractivity contribution in [2.45, 2.75) is 25.4 Å². The molecule has 2 aromatic rings. The van der Waals surface area contributed by atoms with Gasteiger partial charge in [-0.3, -0.25) is 25.3 Å². The number of carbonyl (C=O) groups excluding carboxylic acids is 2. The fourth-order valence-electron chi connectivity index (χ4n) is 3.15. The van der Waals surface area contributed by atoms with Crippen LogP contribution in [0.3, 0.4) is 0 Å². The largest absolute Gasteiger partial charge is 0.345 e. The molecule has 2 N–H and O–H groups in total. The highest BCUT2D eigenvalue weighted by Gasteiger charge is 2.30. The minimum atomic E-state index is -0.339. The Bertz CT molecular complexity index is 760. The average molecular weight is 405 g/mol. The number of hydrogen-bond donors (Lipinski definition) is 2. The summed E-state index contributed by atoms with van der Waals surface area (Å²) in [7, 11) is 1.78. The number of amides is 2. The van der Waals surface area contributed by atoms with Gasteiger partial charge in [-0.05, 0) is 46.9 Å². The zero-order valence-electron chi connectivity index (χ0n) is 14.0. The van der Waals surface area contributed by atoms with Crippen LogP contribution in [-0.4, -0.2) is 33.9 Å². The summed E-state index contributed by atoms with van der Waals surface area (Å²) in [4.78, 5) is 26.8. The van der Waals surface area contributed by atoms with Crippen LogP contribution in [0.25, 0.3) is 0 Å². The third-order valence-electron chi connectivity index (χ3n) is 4.40. The first kappa shape index (κ1) is 17.7. The fraction of sp³-hybridized carbons (Fsp3) is 0.333. The van der Waals surface area contributed by atoms with Crippen molar-refractivity contribution in [1.82, 2.24) is 20.3 Å². The van der Waals surface area contributed by atoms with Crippen LogP contribution in [0.4, 0.5) is 0 Å². The van der Waals surface area contributed by atoms with Crippen molar-refractivity contribution in [1.29, 1.82) is 0 Å². The Morgan fingerprint density at radius 1 is 1.24 bits per heavy atom. The van der Waals surface area contributed by atoms with Gasteiger partial charge in [0.1, 0.15) is 5.69 Å². The van der Waals surface area contributed by atoms with Crippen LogP contribution in [0, 0.1) is 0 Å². The molecule has 1 aliphatic rings. The van der Waals surface area contributed by atoms with Crippen LogP contribution >= 0.6 is 15.9 Å². The van der Waals surface area contributed by atoms with Gasteiger partial charge in [0.25, 0.3) is 11.8 Å².